The normalized spacial score (nSPS) is 11.9. The summed E-state index contributed by atoms with van der Waals surface area (Å²) in [7, 11) is 0. The van der Waals surface area contributed by atoms with Gasteiger partial charge in [0.1, 0.15) is 12.1 Å². The first-order valence-corrected chi connectivity index (χ1v) is 44.1. The molecule has 638 valence electrons. The average molecular weight is 1740 g/mol. The molecule has 0 saturated carbocycles. The number of alkyl halides is 6. The molecule has 22 rings (SSSR count). The SMILES string of the molecule is Cc1ccc(-c2ccc3c4ccccc4n(-c4cc(-c5ccc(C(F)(F)F)cc5C#N)c(-n5c6ccccc6c6ccc(-c7ccc(C)c(-c8cc(C)cc(-c9ccc%10c(c9)c9cc(-c%11cccc(C)c%11)ccc9n%10-c9cc(-c%10ccc(C(F)(F)F)cc%10C#N)c(-n%10c%11ccc(-c%12cccc(C)c%12)cc%11c%11cc(-c%12cccc(C)c%12)ccc%11%10)cc9C#N)c8)c7)cc65)cc4C#N)c3c2)cc1. The number of fused-ring (bicyclic) bond motifs is 12. The van der Waals surface area contributed by atoms with Crippen LogP contribution in [0.1, 0.15) is 66.8 Å². The van der Waals surface area contributed by atoms with Crippen LogP contribution in [0.2, 0.25) is 0 Å². The van der Waals surface area contributed by atoms with Crippen molar-refractivity contribution >= 4 is 87.2 Å². The van der Waals surface area contributed by atoms with Crippen LogP contribution in [0.15, 0.2) is 352 Å². The second kappa shape index (κ2) is 31.8. The van der Waals surface area contributed by atoms with Gasteiger partial charge < -0.3 is 18.3 Å². The summed E-state index contributed by atoms with van der Waals surface area (Å²) in [6.45, 7) is 12.4. The van der Waals surface area contributed by atoms with Gasteiger partial charge in [0.25, 0.3) is 0 Å². The Morgan fingerprint density at radius 3 is 0.948 bits per heavy atom. The molecule has 0 bridgehead atoms. The quantitative estimate of drug-likeness (QED) is 0.107. The average Bonchev–Trinajstić information content (AvgIpc) is 1.56. The minimum absolute atomic E-state index is 0.198. The number of aromatic nitrogens is 4. The lowest BCUT2D eigenvalue weighted by Crippen LogP contribution is -2.07. The predicted molar refractivity (Wildman–Crippen MR) is 530 cm³/mol. The molecule has 0 amide bonds. The maximum atomic E-state index is 14.9. The third-order valence-electron chi connectivity index (χ3n) is 26.6. The largest absolute Gasteiger partial charge is 0.416 e. The maximum absolute atomic E-state index is 14.9. The van der Waals surface area contributed by atoms with E-state index < -0.39 is 23.5 Å². The fraction of sp³-hybridized carbons (Fsp3) is 0.0667. The van der Waals surface area contributed by atoms with E-state index in [9.17, 15) is 47.4 Å². The van der Waals surface area contributed by atoms with Crippen molar-refractivity contribution in [2.24, 2.45) is 0 Å². The van der Waals surface area contributed by atoms with E-state index in [1.54, 1.807) is 6.07 Å². The number of nitriles is 4. The third kappa shape index (κ3) is 14.0. The standard InChI is InChI=1S/C120H76F6N8/c1-69-24-27-75(28-25-69)84-30-38-98-96-20-7-9-22-107(96)133(115(98)59-84)114-64-106(95-41-37-93(120(124,125)126)53-89(95)66-128)118(62-91(114)68-130)134-108-23-10-8-21-97(108)99-39-31-85(60-116(99)134)79-29-26-74(6)100(54-79)87-50-73(5)49-86(51-87)83-35-45-110-104(58-83)101-55-80(76-17-11-14-70(2)46-76)32-42-109(101)131(110)113-63-105(94-40-36-92(119(121,122)123)52-88(94)65-127)117(61-90(113)67-129)132-111-43-33-81(77-18-12-15-71(3)47-77)56-102(111)103-57-82(34-44-112(103)132)78-19-13-16-72(4)48-78/h7-64H,1-6H3. The molecule has 0 N–H and O–H groups in total. The van der Waals surface area contributed by atoms with Gasteiger partial charge in [-0.15, -0.1) is 0 Å². The van der Waals surface area contributed by atoms with Crippen LogP contribution in [-0.4, -0.2) is 18.3 Å². The topological polar surface area (TPSA) is 115 Å². The molecule has 0 aliphatic rings. The van der Waals surface area contributed by atoms with Gasteiger partial charge in [-0.3, -0.25) is 0 Å². The van der Waals surface area contributed by atoms with Crippen LogP contribution in [-0.2, 0) is 12.4 Å². The Kier molecular flexibility index (Phi) is 19.6. The van der Waals surface area contributed by atoms with E-state index >= 15 is 0 Å². The van der Waals surface area contributed by atoms with Gasteiger partial charge in [0, 0.05) is 65.3 Å². The van der Waals surface area contributed by atoms with Crippen LogP contribution in [0.4, 0.5) is 26.3 Å². The zero-order valence-electron chi connectivity index (χ0n) is 73.3. The van der Waals surface area contributed by atoms with Gasteiger partial charge in [-0.05, 0) is 264 Å². The predicted octanol–water partition coefficient (Wildman–Crippen LogP) is 32.5. The van der Waals surface area contributed by atoms with Gasteiger partial charge in [-0.1, -0.05) is 241 Å². The first kappa shape index (κ1) is 82.4. The first-order chi connectivity index (χ1) is 64.9. The zero-order valence-corrected chi connectivity index (χ0v) is 73.3. The Balaban J connectivity index is 0.703. The van der Waals surface area contributed by atoms with Crippen molar-refractivity contribution in [2.75, 3.05) is 0 Å². The minimum Gasteiger partial charge on any atom is -0.309 e. The summed E-state index contributed by atoms with van der Waals surface area (Å²) in [5.74, 6) is 0. The lowest BCUT2D eigenvalue weighted by atomic mass is 9.91. The van der Waals surface area contributed by atoms with Crippen LogP contribution in [0.25, 0.3) is 210 Å². The summed E-state index contributed by atoms with van der Waals surface area (Å²) in [5.41, 5.74) is 27.2. The van der Waals surface area contributed by atoms with Crippen molar-refractivity contribution < 1.29 is 26.3 Å². The van der Waals surface area contributed by atoms with Crippen LogP contribution < -0.4 is 0 Å². The zero-order chi connectivity index (χ0) is 92.0. The lowest BCUT2D eigenvalue weighted by molar-refractivity contribution is -0.138. The van der Waals surface area contributed by atoms with E-state index in [1.807, 2.05) is 96.4 Å². The van der Waals surface area contributed by atoms with E-state index in [0.29, 0.717) is 33.9 Å². The van der Waals surface area contributed by atoms with Gasteiger partial charge in [-0.2, -0.15) is 47.4 Å². The molecule has 0 radical (unpaired) electrons. The Morgan fingerprint density at radius 2 is 0.522 bits per heavy atom. The van der Waals surface area contributed by atoms with Gasteiger partial charge in [-0.25, -0.2) is 0 Å². The molecule has 22 aromatic rings. The Labute approximate surface area is 767 Å². The van der Waals surface area contributed by atoms with Gasteiger partial charge in [0.15, 0.2) is 0 Å². The van der Waals surface area contributed by atoms with Crippen LogP contribution in [0.5, 0.6) is 0 Å². The Morgan fingerprint density at radius 1 is 0.194 bits per heavy atom. The van der Waals surface area contributed by atoms with Crippen LogP contribution in [0.3, 0.4) is 0 Å². The summed E-state index contributed by atoms with van der Waals surface area (Å²) < 4.78 is 97.5. The first-order valence-electron chi connectivity index (χ1n) is 44.1. The number of rotatable bonds is 13. The molecule has 0 saturated heterocycles. The number of para-hydroxylation sites is 2. The van der Waals surface area contributed by atoms with Crippen molar-refractivity contribution in [3.63, 3.8) is 0 Å². The molecule has 0 fully saturated rings. The number of hydrogen-bond donors (Lipinski definition) is 0. The van der Waals surface area contributed by atoms with E-state index in [2.05, 4.69) is 297 Å². The highest BCUT2D eigenvalue weighted by Gasteiger charge is 2.35. The number of hydrogen-bond acceptors (Lipinski definition) is 4. The van der Waals surface area contributed by atoms with Crippen LogP contribution >= 0.6 is 0 Å². The molecule has 4 aromatic heterocycles. The Hall–Kier alpha value is -17.3. The van der Waals surface area contributed by atoms with Crippen molar-refractivity contribution in [1.29, 1.82) is 21.0 Å². The van der Waals surface area contributed by atoms with E-state index in [4.69, 9.17) is 0 Å². The third-order valence-corrected chi connectivity index (χ3v) is 26.6. The van der Waals surface area contributed by atoms with Gasteiger partial charge in [0.05, 0.1) is 112 Å². The fourth-order valence-electron chi connectivity index (χ4n) is 20.1. The molecular weight excluding hydrogens is 1670 g/mol. The van der Waals surface area contributed by atoms with Gasteiger partial charge in [0.2, 0.25) is 0 Å². The van der Waals surface area contributed by atoms with Crippen molar-refractivity contribution in [3.8, 4) is 147 Å². The second-order valence-corrected chi connectivity index (χ2v) is 35.1. The van der Waals surface area contributed by atoms with E-state index in [0.717, 1.165) is 223 Å². The highest BCUT2D eigenvalue weighted by molar-refractivity contribution is 6.16. The summed E-state index contributed by atoms with van der Waals surface area (Å²) in [6, 6.07) is 123. The van der Waals surface area contributed by atoms with Gasteiger partial charge >= 0.3 is 12.4 Å². The maximum Gasteiger partial charge on any atom is 0.416 e. The monoisotopic (exact) mass is 1740 g/mol. The highest BCUT2D eigenvalue weighted by atomic mass is 19.4. The molecule has 0 atom stereocenters. The minimum atomic E-state index is -4.77. The molecular formula is C120H76F6N8. The number of aryl methyl sites for hydroxylation is 6. The number of nitrogens with zero attached hydrogens (tertiary/aromatic N) is 8. The molecule has 0 spiro atoms. The molecule has 134 heavy (non-hydrogen) atoms. The molecule has 18 aromatic carbocycles. The number of halogens is 6. The summed E-state index contributed by atoms with van der Waals surface area (Å²) >= 11 is 0. The van der Waals surface area contributed by atoms with E-state index in [1.165, 1.54) is 12.1 Å². The van der Waals surface area contributed by atoms with Crippen molar-refractivity contribution in [3.05, 3.63) is 419 Å². The molecule has 4 heterocycles. The summed E-state index contributed by atoms with van der Waals surface area (Å²) in [6.07, 6.45) is -9.52. The molecule has 0 unspecified atom stereocenters. The molecule has 14 heteroatoms. The van der Waals surface area contributed by atoms with E-state index in [-0.39, 0.29) is 33.4 Å². The molecule has 8 nitrogen and oxygen atoms in total. The summed E-state index contributed by atoms with van der Waals surface area (Å²) in [4.78, 5) is 0. The van der Waals surface area contributed by atoms with Crippen molar-refractivity contribution in [1.82, 2.24) is 18.3 Å². The molecule has 0 aliphatic heterocycles. The van der Waals surface area contributed by atoms with Crippen molar-refractivity contribution in [2.45, 2.75) is 53.9 Å². The smallest absolute Gasteiger partial charge is 0.309 e. The fourth-order valence-corrected chi connectivity index (χ4v) is 20.1. The number of benzene rings is 18. The molecule has 0 aliphatic carbocycles. The Bertz CT molecular complexity index is 8880. The van der Waals surface area contributed by atoms with Crippen LogP contribution in [0, 0.1) is 86.9 Å². The summed E-state index contributed by atoms with van der Waals surface area (Å²) in [5, 5.41) is 53.0. The lowest BCUT2D eigenvalue weighted by Gasteiger charge is -2.20. The second-order valence-electron chi connectivity index (χ2n) is 35.1. The highest BCUT2D eigenvalue weighted by Crippen LogP contribution is 2.50.